The molecule has 0 heterocycles. The second kappa shape index (κ2) is 9.22. The van der Waals surface area contributed by atoms with Crippen molar-refractivity contribution >= 4 is 44.8 Å². The van der Waals surface area contributed by atoms with Crippen molar-refractivity contribution in [2.24, 2.45) is 0 Å². The maximum atomic E-state index is 13.2. The highest BCUT2D eigenvalue weighted by Crippen LogP contribution is 2.28. The van der Waals surface area contributed by atoms with Crippen LogP contribution in [0.15, 0.2) is 52.6 Å². The molecule has 5 nitrogen and oxygen atoms in total. The second-order valence-electron chi connectivity index (χ2n) is 4.98. The highest BCUT2D eigenvalue weighted by atomic mass is 79.9. The Labute approximate surface area is 163 Å². The van der Waals surface area contributed by atoms with Crippen molar-refractivity contribution in [2.45, 2.75) is 6.92 Å². The van der Waals surface area contributed by atoms with Crippen LogP contribution in [0.3, 0.4) is 0 Å². The lowest BCUT2D eigenvalue weighted by Gasteiger charge is -2.09. The summed E-state index contributed by atoms with van der Waals surface area (Å²) in [6.45, 7) is 2.37. The lowest BCUT2D eigenvalue weighted by atomic mass is 10.2. The van der Waals surface area contributed by atoms with E-state index in [1.165, 1.54) is 18.3 Å². The van der Waals surface area contributed by atoms with Gasteiger partial charge in [0.15, 0.2) is 0 Å². The maximum Gasteiger partial charge on any atom is 0.267 e. The number of nitrogens with one attached hydrogen (secondary N) is 2. The zero-order valence-electron chi connectivity index (χ0n) is 13.6. The summed E-state index contributed by atoms with van der Waals surface area (Å²) >= 11 is 9.05. The number of halogens is 3. The molecule has 26 heavy (non-hydrogen) atoms. The van der Waals surface area contributed by atoms with Gasteiger partial charge in [0, 0.05) is 23.6 Å². The van der Waals surface area contributed by atoms with Gasteiger partial charge in [0.2, 0.25) is 0 Å². The summed E-state index contributed by atoms with van der Waals surface area (Å²) < 4.78 is 19.4. The minimum absolute atomic E-state index is 0.123. The first-order valence-electron chi connectivity index (χ1n) is 7.50. The summed E-state index contributed by atoms with van der Waals surface area (Å²) in [5, 5.41) is 14.4. The SMILES string of the molecule is CCOc1cc(NC=C(C#N)C(=O)Nc2ccc(F)c(Cl)c2)ccc1Br. The van der Waals surface area contributed by atoms with Gasteiger partial charge < -0.3 is 15.4 Å². The van der Waals surface area contributed by atoms with Crippen molar-refractivity contribution in [2.75, 3.05) is 17.2 Å². The van der Waals surface area contributed by atoms with Crippen molar-refractivity contribution in [1.29, 1.82) is 5.26 Å². The van der Waals surface area contributed by atoms with Crippen LogP contribution in [0.4, 0.5) is 15.8 Å². The van der Waals surface area contributed by atoms with E-state index in [4.69, 9.17) is 16.3 Å². The molecule has 0 bridgehead atoms. The number of carbonyl (C=O) groups is 1. The molecular formula is C18H14BrClFN3O2. The highest BCUT2D eigenvalue weighted by Gasteiger charge is 2.11. The molecule has 0 radical (unpaired) electrons. The zero-order valence-corrected chi connectivity index (χ0v) is 16.0. The van der Waals surface area contributed by atoms with E-state index >= 15 is 0 Å². The number of hydrogen-bond donors (Lipinski definition) is 2. The predicted molar refractivity (Wildman–Crippen MR) is 103 cm³/mol. The Kier molecular flexibility index (Phi) is 7.01. The minimum Gasteiger partial charge on any atom is -0.493 e. The van der Waals surface area contributed by atoms with E-state index in [1.54, 1.807) is 18.2 Å². The van der Waals surface area contributed by atoms with Gasteiger partial charge >= 0.3 is 0 Å². The van der Waals surface area contributed by atoms with E-state index in [0.29, 0.717) is 18.0 Å². The molecular weight excluding hydrogens is 425 g/mol. The third-order valence-corrected chi connectivity index (χ3v) is 4.10. The number of hydrogen-bond acceptors (Lipinski definition) is 4. The molecule has 0 unspecified atom stereocenters. The molecule has 1 amide bonds. The van der Waals surface area contributed by atoms with Gasteiger partial charge in [-0.05, 0) is 53.2 Å². The van der Waals surface area contributed by atoms with Crippen LogP contribution in [0, 0.1) is 17.1 Å². The van der Waals surface area contributed by atoms with Crippen LogP contribution in [0.1, 0.15) is 6.92 Å². The molecule has 0 aliphatic rings. The van der Waals surface area contributed by atoms with Gasteiger partial charge in [0.1, 0.15) is 23.2 Å². The Morgan fingerprint density at radius 1 is 1.35 bits per heavy atom. The van der Waals surface area contributed by atoms with Crippen molar-refractivity contribution in [1.82, 2.24) is 0 Å². The molecule has 2 aromatic carbocycles. The topological polar surface area (TPSA) is 74.1 Å². The van der Waals surface area contributed by atoms with Gasteiger partial charge in [-0.1, -0.05) is 11.6 Å². The second-order valence-corrected chi connectivity index (χ2v) is 6.24. The van der Waals surface area contributed by atoms with Gasteiger partial charge in [0.05, 0.1) is 16.1 Å². The fourth-order valence-electron chi connectivity index (χ4n) is 1.94. The average Bonchev–Trinajstić information content (AvgIpc) is 2.61. The van der Waals surface area contributed by atoms with E-state index in [1.807, 2.05) is 13.0 Å². The van der Waals surface area contributed by atoms with E-state index < -0.39 is 11.7 Å². The Balaban J connectivity index is 2.12. The first-order valence-corrected chi connectivity index (χ1v) is 8.67. The van der Waals surface area contributed by atoms with Crippen LogP contribution in [0.25, 0.3) is 0 Å². The number of amides is 1. The summed E-state index contributed by atoms with van der Waals surface area (Å²) in [6, 6.07) is 10.8. The molecule has 0 aromatic heterocycles. The molecule has 2 N–H and O–H groups in total. The third-order valence-electron chi connectivity index (χ3n) is 3.16. The van der Waals surface area contributed by atoms with Crippen LogP contribution >= 0.6 is 27.5 Å². The van der Waals surface area contributed by atoms with Gasteiger partial charge in [-0.25, -0.2) is 4.39 Å². The van der Waals surface area contributed by atoms with Crippen molar-refractivity contribution in [3.8, 4) is 11.8 Å². The van der Waals surface area contributed by atoms with Crippen LogP contribution in [0.2, 0.25) is 5.02 Å². The Morgan fingerprint density at radius 2 is 2.08 bits per heavy atom. The largest absolute Gasteiger partial charge is 0.493 e. The lowest BCUT2D eigenvalue weighted by Crippen LogP contribution is -2.14. The fourth-order valence-corrected chi connectivity index (χ4v) is 2.48. The molecule has 2 rings (SSSR count). The monoisotopic (exact) mass is 437 g/mol. The summed E-state index contributed by atoms with van der Waals surface area (Å²) in [4.78, 5) is 12.2. The normalized spacial score (nSPS) is 10.8. The summed E-state index contributed by atoms with van der Waals surface area (Å²) in [7, 11) is 0. The van der Waals surface area contributed by atoms with Gasteiger partial charge in [-0.15, -0.1) is 0 Å². The van der Waals surface area contributed by atoms with Crippen LogP contribution in [-0.4, -0.2) is 12.5 Å². The number of rotatable bonds is 6. The van der Waals surface area contributed by atoms with E-state index in [2.05, 4.69) is 26.6 Å². The summed E-state index contributed by atoms with van der Waals surface area (Å²) in [5.41, 5.74) is 0.762. The molecule has 0 aliphatic heterocycles. The Hall–Kier alpha value is -2.56. The molecule has 0 saturated carbocycles. The fraction of sp³-hybridized carbons (Fsp3) is 0.111. The molecule has 0 spiro atoms. The standard InChI is InChI=1S/C18H14BrClFN3O2/c1-2-26-17-8-12(3-5-14(17)19)23-10-11(9-22)18(25)24-13-4-6-16(21)15(20)7-13/h3-8,10,23H,2H2,1H3,(H,24,25). The molecule has 134 valence electrons. The zero-order chi connectivity index (χ0) is 19.1. The van der Waals surface area contributed by atoms with Crippen LogP contribution in [0.5, 0.6) is 5.75 Å². The van der Waals surface area contributed by atoms with Crippen LogP contribution < -0.4 is 15.4 Å². The van der Waals surface area contributed by atoms with E-state index in [9.17, 15) is 14.4 Å². The van der Waals surface area contributed by atoms with Gasteiger partial charge in [-0.2, -0.15) is 5.26 Å². The highest BCUT2D eigenvalue weighted by molar-refractivity contribution is 9.10. The number of ether oxygens (including phenoxy) is 1. The maximum absolute atomic E-state index is 13.2. The van der Waals surface area contributed by atoms with Crippen molar-refractivity contribution < 1.29 is 13.9 Å². The van der Waals surface area contributed by atoms with Crippen molar-refractivity contribution in [3.63, 3.8) is 0 Å². The predicted octanol–water partition coefficient (Wildman–Crippen LogP) is 5.10. The number of anilines is 2. The molecule has 0 saturated heterocycles. The molecule has 0 aliphatic carbocycles. The Morgan fingerprint density at radius 3 is 2.73 bits per heavy atom. The molecule has 0 atom stereocenters. The van der Waals surface area contributed by atoms with Crippen LogP contribution in [-0.2, 0) is 4.79 Å². The quantitative estimate of drug-likeness (QED) is 0.486. The van der Waals surface area contributed by atoms with Gasteiger partial charge in [-0.3, -0.25) is 4.79 Å². The number of carbonyl (C=O) groups excluding carboxylic acids is 1. The third kappa shape index (κ3) is 5.22. The number of benzene rings is 2. The Bertz CT molecular complexity index is 896. The van der Waals surface area contributed by atoms with E-state index in [0.717, 1.165) is 10.5 Å². The molecule has 8 heteroatoms. The lowest BCUT2D eigenvalue weighted by molar-refractivity contribution is -0.112. The first kappa shape index (κ1) is 19.8. The summed E-state index contributed by atoms with van der Waals surface area (Å²) in [5.74, 6) is -0.609. The van der Waals surface area contributed by atoms with Gasteiger partial charge in [0.25, 0.3) is 5.91 Å². The average molecular weight is 439 g/mol. The number of nitriles is 1. The first-order chi connectivity index (χ1) is 12.4. The minimum atomic E-state index is -0.648. The molecule has 0 fully saturated rings. The van der Waals surface area contributed by atoms with Crippen molar-refractivity contribution in [3.05, 3.63) is 63.5 Å². The summed E-state index contributed by atoms with van der Waals surface area (Å²) in [6.07, 6.45) is 1.28. The smallest absolute Gasteiger partial charge is 0.267 e. The van der Waals surface area contributed by atoms with E-state index in [-0.39, 0.29) is 16.3 Å². The molecule has 2 aromatic rings. The number of nitrogens with zero attached hydrogens (tertiary/aromatic N) is 1.